The number of ether oxygens (including phenoxy) is 4. The molecule has 0 bridgehead atoms. The minimum atomic E-state index is -1.04. The van der Waals surface area contributed by atoms with Crippen molar-refractivity contribution in [3.05, 3.63) is 34.4 Å². The van der Waals surface area contributed by atoms with Gasteiger partial charge in [0.15, 0.2) is 0 Å². The van der Waals surface area contributed by atoms with Gasteiger partial charge in [-0.1, -0.05) is 37.1 Å². The van der Waals surface area contributed by atoms with Crippen molar-refractivity contribution in [2.24, 2.45) is 11.8 Å². The van der Waals surface area contributed by atoms with Crippen LogP contribution in [0.15, 0.2) is 23.8 Å². The lowest BCUT2D eigenvalue weighted by molar-refractivity contribution is -0.121. The van der Waals surface area contributed by atoms with Crippen molar-refractivity contribution in [2.75, 3.05) is 39.3 Å². The third-order valence-electron chi connectivity index (χ3n) is 7.78. The lowest BCUT2D eigenvalue weighted by Crippen LogP contribution is -2.44. The fraction of sp³-hybridized carbons (Fsp3) is 0.655. The summed E-state index contributed by atoms with van der Waals surface area (Å²) in [5, 5.41) is 14.0. The molecular weight excluding hydrogens is 524 g/mol. The number of anilines is 1. The van der Waals surface area contributed by atoms with Crippen LogP contribution in [0, 0.1) is 11.8 Å². The van der Waals surface area contributed by atoms with Crippen LogP contribution < -0.4 is 15.0 Å². The molecule has 1 aromatic carbocycles. The Morgan fingerprint density at radius 1 is 1.36 bits per heavy atom. The first-order valence-corrected chi connectivity index (χ1v) is 13.9. The van der Waals surface area contributed by atoms with Gasteiger partial charge in [-0.05, 0) is 50.3 Å². The van der Waals surface area contributed by atoms with Gasteiger partial charge in [0.1, 0.15) is 22.5 Å². The van der Waals surface area contributed by atoms with E-state index >= 15 is 0 Å². The number of aliphatic hydroxyl groups is 1. The molecule has 5 unspecified atom stereocenters. The number of carbonyl (C=O) groups excluding carboxylic acids is 2. The maximum absolute atomic E-state index is 13.3. The maximum atomic E-state index is 13.3. The number of epoxide rings is 1. The van der Waals surface area contributed by atoms with Gasteiger partial charge >= 0.3 is 6.09 Å². The standard InChI is InChI=1S/C29H43ClN2O7/c1-17(8-9-18(2)16-36-6)12-20-13-21(26(30)23(14-20)37-7)32(5)25(34)15-24(33)29(4)27(39-29)19(3)22-10-11-31-28(35)38-22/h8,13-14,18-19,22,24,27,33H,9-12,15-16H2,1-7H3,(H,31,35)/b17-8+/t18-,19?,22?,24?,27?,29?/m0/s1. The molecule has 2 saturated heterocycles. The van der Waals surface area contributed by atoms with Crippen molar-refractivity contribution in [1.29, 1.82) is 0 Å². The smallest absolute Gasteiger partial charge is 0.407 e. The van der Waals surface area contributed by atoms with Crippen molar-refractivity contribution >= 4 is 29.3 Å². The van der Waals surface area contributed by atoms with Crippen molar-refractivity contribution < 1.29 is 33.6 Å². The molecule has 0 radical (unpaired) electrons. The van der Waals surface area contributed by atoms with Crippen LogP contribution >= 0.6 is 11.6 Å². The average molecular weight is 567 g/mol. The van der Waals surface area contributed by atoms with E-state index < -0.39 is 17.8 Å². The summed E-state index contributed by atoms with van der Waals surface area (Å²) >= 11 is 6.61. The Morgan fingerprint density at radius 2 is 2.08 bits per heavy atom. The number of carbonyl (C=O) groups is 2. The predicted octanol–water partition coefficient (Wildman–Crippen LogP) is 4.52. The minimum absolute atomic E-state index is 0.118. The summed E-state index contributed by atoms with van der Waals surface area (Å²) in [6, 6.07) is 3.77. The quantitative estimate of drug-likeness (QED) is 0.267. The Hall–Kier alpha value is -2.33. The van der Waals surface area contributed by atoms with Gasteiger partial charge in [0.05, 0.1) is 31.4 Å². The number of aliphatic hydroxyl groups excluding tert-OH is 1. The Morgan fingerprint density at radius 3 is 2.72 bits per heavy atom. The summed E-state index contributed by atoms with van der Waals surface area (Å²) in [5.74, 6) is 0.478. The Bertz CT molecular complexity index is 1060. The number of rotatable bonds is 13. The minimum Gasteiger partial charge on any atom is -0.495 e. The van der Waals surface area contributed by atoms with Crippen molar-refractivity contribution in [2.45, 2.75) is 77.3 Å². The van der Waals surface area contributed by atoms with Gasteiger partial charge in [-0.25, -0.2) is 4.79 Å². The topological polar surface area (TPSA) is 110 Å². The second kappa shape index (κ2) is 13.4. The van der Waals surface area contributed by atoms with Crippen LogP contribution in [0.5, 0.6) is 5.75 Å². The van der Waals surface area contributed by atoms with Gasteiger partial charge in [-0.3, -0.25) is 4.79 Å². The maximum Gasteiger partial charge on any atom is 0.407 e. The molecule has 2 aliphatic rings. The fourth-order valence-electron chi connectivity index (χ4n) is 5.18. The monoisotopic (exact) mass is 566 g/mol. The van der Waals surface area contributed by atoms with E-state index in [1.807, 2.05) is 19.1 Å². The molecule has 2 N–H and O–H groups in total. The van der Waals surface area contributed by atoms with Gasteiger partial charge in [0.25, 0.3) is 0 Å². The third kappa shape index (κ3) is 7.66. The highest BCUT2D eigenvalue weighted by Gasteiger charge is 2.61. The van der Waals surface area contributed by atoms with Crippen LogP contribution in [-0.2, 0) is 25.4 Å². The Balaban J connectivity index is 1.67. The van der Waals surface area contributed by atoms with Gasteiger partial charge in [-0.2, -0.15) is 0 Å². The second-order valence-corrected chi connectivity index (χ2v) is 11.4. The zero-order valence-electron chi connectivity index (χ0n) is 24.1. The largest absolute Gasteiger partial charge is 0.495 e. The number of benzene rings is 1. The molecular formula is C29H43ClN2O7. The van der Waals surface area contributed by atoms with Crippen molar-refractivity contribution in [3.63, 3.8) is 0 Å². The van der Waals surface area contributed by atoms with E-state index in [1.54, 1.807) is 28.2 Å². The number of hydrogen-bond donors (Lipinski definition) is 2. The number of methoxy groups -OCH3 is 2. The predicted molar refractivity (Wildman–Crippen MR) is 150 cm³/mol. The number of nitrogens with zero attached hydrogens (tertiary/aromatic N) is 1. The molecule has 3 rings (SSSR count). The zero-order chi connectivity index (χ0) is 28.9. The number of hydrogen-bond acceptors (Lipinski definition) is 7. The molecule has 0 spiro atoms. The highest BCUT2D eigenvalue weighted by atomic mass is 35.5. The second-order valence-electron chi connectivity index (χ2n) is 11.1. The van der Waals surface area contributed by atoms with Crippen LogP contribution in [0.4, 0.5) is 10.5 Å². The van der Waals surface area contributed by atoms with Gasteiger partial charge < -0.3 is 34.3 Å². The van der Waals surface area contributed by atoms with Gasteiger partial charge in [0, 0.05) is 39.6 Å². The van der Waals surface area contributed by atoms with Crippen LogP contribution in [0.2, 0.25) is 5.02 Å². The summed E-state index contributed by atoms with van der Waals surface area (Å²) in [5.41, 5.74) is 1.76. The Labute approximate surface area is 236 Å². The normalized spacial score (nSPS) is 25.3. The number of cyclic esters (lactones) is 1. The van der Waals surface area contributed by atoms with E-state index in [-0.39, 0.29) is 30.5 Å². The SMILES string of the molecule is COC[C@@H](C)C/C=C(\C)Cc1cc(OC)c(Cl)c(N(C)C(=O)CC(O)C2(C)OC2C(C)C2CCNC(=O)O2)c1. The van der Waals surface area contributed by atoms with E-state index in [0.717, 1.165) is 12.0 Å². The highest BCUT2D eigenvalue weighted by Crippen LogP contribution is 2.47. The molecule has 10 heteroatoms. The lowest BCUT2D eigenvalue weighted by atomic mass is 9.87. The Kier molecular flexibility index (Phi) is 10.7. The summed E-state index contributed by atoms with van der Waals surface area (Å²) < 4.78 is 22.0. The number of nitrogens with one attached hydrogen (secondary N) is 1. The molecule has 2 aliphatic heterocycles. The van der Waals surface area contributed by atoms with E-state index in [0.29, 0.717) is 48.4 Å². The molecule has 39 heavy (non-hydrogen) atoms. The van der Waals surface area contributed by atoms with E-state index in [1.165, 1.54) is 10.5 Å². The molecule has 2 amide bonds. The number of alkyl carbamates (subject to hydrolysis) is 1. The first-order valence-electron chi connectivity index (χ1n) is 13.5. The van der Waals surface area contributed by atoms with Crippen molar-refractivity contribution in [3.8, 4) is 5.75 Å². The summed E-state index contributed by atoms with van der Waals surface area (Å²) in [4.78, 5) is 26.3. The van der Waals surface area contributed by atoms with Gasteiger partial charge in [0.2, 0.25) is 5.91 Å². The highest BCUT2D eigenvalue weighted by molar-refractivity contribution is 6.35. The average Bonchev–Trinajstić information content (AvgIpc) is 3.60. The van der Waals surface area contributed by atoms with Gasteiger partial charge in [-0.15, -0.1) is 0 Å². The summed E-state index contributed by atoms with van der Waals surface area (Å²) in [7, 11) is 4.89. The first-order chi connectivity index (χ1) is 18.4. The molecule has 0 aromatic heterocycles. The third-order valence-corrected chi connectivity index (χ3v) is 8.16. The summed E-state index contributed by atoms with van der Waals surface area (Å²) in [6.45, 7) is 9.18. The van der Waals surface area contributed by atoms with E-state index in [2.05, 4.69) is 25.2 Å². The molecule has 218 valence electrons. The molecule has 0 aliphatic carbocycles. The summed E-state index contributed by atoms with van der Waals surface area (Å²) in [6.07, 6.45) is 2.19. The van der Waals surface area contributed by atoms with Crippen LogP contribution in [0.25, 0.3) is 0 Å². The van der Waals surface area contributed by atoms with E-state index in [9.17, 15) is 14.7 Å². The number of allylic oxidation sites excluding steroid dienone is 2. The fourth-order valence-corrected chi connectivity index (χ4v) is 5.49. The number of halogens is 1. The van der Waals surface area contributed by atoms with Crippen LogP contribution in [-0.4, -0.2) is 75.4 Å². The first kappa shape index (κ1) is 31.2. The zero-order valence-corrected chi connectivity index (χ0v) is 24.8. The number of amides is 2. The molecule has 0 saturated carbocycles. The lowest BCUT2D eigenvalue weighted by Gasteiger charge is -2.28. The molecule has 9 nitrogen and oxygen atoms in total. The van der Waals surface area contributed by atoms with Crippen molar-refractivity contribution in [1.82, 2.24) is 5.32 Å². The molecule has 6 atom stereocenters. The van der Waals surface area contributed by atoms with Crippen LogP contribution in [0.1, 0.15) is 52.5 Å². The van der Waals surface area contributed by atoms with E-state index in [4.69, 9.17) is 30.5 Å². The molecule has 2 heterocycles. The molecule has 1 aromatic rings. The van der Waals surface area contributed by atoms with Crippen LogP contribution in [0.3, 0.4) is 0 Å². The molecule has 2 fully saturated rings.